The van der Waals surface area contributed by atoms with Crippen molar-refractivity contribution in [2.45, 2.75) is 38.5 Å². The van der Waals surface area contributed by atoms with Gasteiger partial charge in [0.2, 0.25) is 5.91 Å². The minimum atomic E-state index is -0.216. The summed E-state index contributed by atoms with van der Waals surface area (Å²) in [5, 5.41) is 0. The lowest BCUT2D eigenvalue weighted by atomic mass is 9.71. The number of nitrogens with two attached hydrogens (primary N) is 1. The van der Waals surface area contributed by atoms with Gasteiger partial charge in [-0.2, -0.15) is 0 Å². The largest absolute Gasteiger partial charge is 0.368 e. The fourth-order valence-corrected chi connectivity index (χ4v) is 4.05. The van der Waals surface area contributed by atoms with Gasteiger partial charge in [-0.25, -0.2) is 4.39 Å². The number of carbonyl (C=O) groups is 1. The van der Waals surface area contributed by atoms with Crippen molar-refractivity contribution < 1.29 is 9.18 Å². The quantitative estimate of drug-likeness (QED) is 0.922. The Morgan fingerprint density at radius 1 is 1.04 bits per heavy atom. The van der Waals surface area contributed by atoms with Gasteiger partial charge < -0.3 is 15.5 Å². The summed E-state index contributed by atoms with van der Waals surface area (Å²) >= 11 is 0. The van der Waals surface area contributed by atoms with E-state index in [1.54, 1.807) is 12.1 Å². The molecule has 3 rings (SSSR count). The molecule has 24 heavy (non-hydrogen) atoms. The predicted octanol–water partition coefficient (Wildman–Crippen LogP) is 2.77. The van der Waals surface area contributed by atoms with Crippen LogP contribution in [-0.2, 0) is 4.79 Å². The Bertz CT molecular complexity index is 546. The van der Waals surface area contributed by atoms with Crippen LogP contribution in [0.25, 0.3) is 0 Å². The molecule has 2 fully saturated rings. The lowest BCUT2D eigenvalue weighted by molar-refractivity contribution is -0.134. The summed E-state index contributed by atoms with van der Waals surface area (Å²) in [4.78, 5) is 16.9. The van der Waals surface area contributed by atoms with E-state index in [4.69, 9.17) is 5.73 Å². The van der Waals surface area contributed by atoms with Gasteiger partial charge in [-0.15, -0.1) is 0 Å². The maximum atomic E-state index is 13.0. The Kier molecular flexibility index (Phi) is 5.39. The molecule has 2 aliphatic rings. The number of carbonyl (C=O) groups excluding carboxylic acids is 1. The first kappa shape index (κ1) is 17.2. The number of piperazine rings is 1. The standard InChI is InChI=1S/C19H28FN3O/c20-16-4-6-17(7-5-16)22-10-12-23(13-11-22)18(24)14-19(15-21)8-2-1-3-9-19/h4-7H,1-3,8-15,21H2. The number of amides is 1. The molecule has 0 atom stereocenters. The fraction of sp³-hybridized carbons (Fsp3) is 0.632. The summed E-state index contributed by atoms with van der Waals surface area (Å²) in [5.74, 6) is 0.0354. The molecule has 132 valence electrons. The van der Waals surface area contributed by atoms with E-state index in [1.807, 2.05) is 4.90 Å². The minimum Gasteiger partial charge on any atom is -0.368 e. The molecular weight excluding hydrogens is 305 g/mol. The summed E-state index contributed by atoms with van der Waals surface area (Å²) in [5.41, 5.74) is 7.07. The highest BCUT2D eigenvalue weighted by atomic mass is 19.1. The van der Waals surface area contributed by atoms with E-state index >= 15 is 0 Å². The van der Waals surface area contributed by atoms with Crippen LogP contribution in [0.5, 0.6) is 0 Å². The SMILES string of the molecule is NCC1(CC(=O)N2CCN(c3ccc(F)cc3)CC2)CCCCC1. The molecule has 4 nitrogen and oxygen atoms in total. The zero-order chi connectivity index (χ0) is 17.0. The summed E-state index contributed by atoms with van der Waals surface area (Å²) in [6.07, 6.45) is 6.44. The van der Waals surface area contributed by atoms with Crippen LogP contribution in [0.3, 0.4) is 0 Å². The fourth-order valence-electron chi connectivity index (χ4n) is 4.05. The first-order chi connectivity index (χ1) is 11.6. The van der Waals surface area contributed by atoms with E-state index in [0.29, 0.717) is 13.0 Å². The van der Waals surface area contributed by atoms with E-state index in [1.165, 1.54) is 31.4 Å². The van der Waals surface area contributed by atoms with Gasteiger partial charge >= 0.3 is 0 Å². The molecule has 1 saturated heterocycles. The third-order valence-electron chi connectivity index (χ3n) is 5.70. The number of hydrogen-bond donors (Lipinski definition) is 1. The lowest BCUT2D eigenvalue weighted by Crippen LogP contribution is -2.50. The lowest BCUT2D eigenvalue weighted by Gasteiger charge is -2.40. The number of hydrogen-bond acceptors (Lipinski definition) is 3. The van der Waals surface area contributed by atoms with Crippen molar-refractivity contribution in [2.24, 2.45) is 11.1 Å². The molecule has 0 bridgehead atoms. The van der Waals surface area contributed by atoms with Gasteiger partial charge in [0.1, 0.15) is 5.82 Å². The van der Waals surface area contributed by atoms with E-state index < -0.39 is 0 Å². The van der Waals surface area contributed by atoms with Gasteiger partial charge in [0.05, 0.1) is 0 Å². The first-order valence-electron chi connectivity index (χ1n) is 9.10. The Hall–Kier alpha value is -1.62. The maximum absolute atomic E-state index is 13.0. The zero-order valence-corrected chi connectivity index (χ0v) is 14.3. The van der Waals surface area contributed by atoms with Crippen molar-refractivity contribution in [3.05, 3.63) is 30.1 Å². The van der Waals surface area contributed by atoms with Crippen LogP contribution in [0, 0.1) is 11.2 Å². The smallest absolute Gasteiger partial charge is 0.223 e. The Morgan fingerprint density at radius 2 is 1.67 bits per heavy atom. The van der Waals surface area contributed by atoms with Crippen molar-refractivity contribution in [1.29, 1.82) is 0 Å². The highest BCUT2D eigenvalue weighted by Crippen LogP contribution is 2.38. The molecule has 1 saturated carbocycles. The van der Waals surface area contributed by atoms with Crippen LogP contribution in [0.1, 0.15) is 38.5 Å². The predicted molar refractivity (Wildman–Crippen MR) is 94.4 cm³/mol. The topological polar surface area (TPSA) is 49.6 Å². The summed E-state index contributed by atoms with van der Waals surface area (Å²) in [7, 11) is 0. The Morgan fingerprint density at radius 3 is 2.25 bits per heavy atom. The van der Waals surface area contributed by atoms with Gasteiger partial charge in [0.25, 0.3) is 0 Å². The number of halogens is 1. The monoisotopic (exact) mass is 333 g/mol. The molecule has 0 aromatic heterocycles. The van der Waals surface area contributed by atoms with E-state index in [-0.39, 0.29) is 17.1 Å². The minimum absolute atomic E-state index is 0.0312. The van der Waals surface area contributed by atoms with Gasteiger partial charge in [0, 0.05) is 38.3 Å². The van der Waals surface area contributed by atoms with Gasteiger partial charge in [0.15, 0.2) is 0 Å². The Labute approximate surface area is 143 Å². The number of nitrogens with zero attached hydrogens (tertiary/aromatic N) is 2. The van der Waals surface area contributed by atoms with E-state index in [9.17, 15) is 9.18 Å². The van der Waals surface area contributed by atoms with Crippen LogP contribution in [0.4, 0.5) is 10.1 Å². The normalized spacial score (nSPS) is 20.9. The summed E-state index contributed by atoms with van der Waals surface area (Å²) < 4.78 is 13.0. The second-order valence-corrected chi connectivity index (χ2v) is 7.29. The molecule has 1 aromatic rings. The van der Waals surface area contributed by atoms with Gasteiger partial charge in [-0.3, -0.25) is 4.79 Å². The molecule has 2 N–H and O–H groups in total. The second-order valence-electron chi connectivity index (χ2n) is 7.29. The number of benzene rings is 1. The van der Waals surface area contributed by atoms with E-state index in [2.05, 4.69) is 4.90 Å². The molecule has 1 aliphatic carbocycles. The van der Waals surface area contributed by atoms with Crippen molar-refractivity contribution in [2.75, 3.05) is 37.6 Å². The number of rotatable bonds is 4. The maximum Gasteiger partial charge on any atom is 0.223 e. The highest BCUT2D eigenvalue weighted by Gasteiger charge is 2.35. The van der Waals surface area contributed by atoms with Crippen LogP contribution in [0.2, 0.25) is 0 Å². The number of anilines is 1. The van der Waals surface area contributed by atoms with E-state index in [0.717, 1.165) is 44.7 Å². The van der Waals surface area contributed by atoms with Crippen LogP contribution >= 0.6 is 0 Å². The second kappa shape index (κ2) is 7.51. The van der Waals surface area contributed by atoms with Crippen molar-refractivity contribution in [1.82, 2.24) is 4.90 Å². The van der Waals surface area contributed by atoms with Gasteiger partial charge in [-0.05, 0) is 49.1 Å². The first-order valence-corrected chi connectivity index (χ1v) is 9.10. The molecule has 0 unspecified atom stereocenters. The molecule has 0 radical (unpaired) electrons. The summed E-state index contributed by atoms with van der Waals surface area (Å²) in [6, 6.07) is 6.58. The molecule has 5 heteroatoms. The molecule has 1 aromatic carbocycles. The zero-order valence-electron chi connectivity index (χ0n) is 14.3. The average molecular weight is 333 g/mol. The van der Waals surface area contributed by atoms with Crippen molar-refractivity contribution >= 4 is 11.6 Å². The molecule has 1 aliphatic heterocycles. The van der Waals surface area contributed by atoms with Crippen LogP contribution in [-0.4, -0.2) is 43.5 Å². The van der Waals surface area contributed by atoms with Crippen molar-refractivity contribution in [3.8, 4) is 0 Å². The third kappa shape index (κ3) is 3.89. The van der Waals surface area contributed by atoms with Crippen molar-refractivity contribution in [3.63, 3.8) is 0 Å². The molecular formula is C19H28FN3O. The molecule has 0 spiro atoms. The molecule has 1 heterocycles. The van der Waals surface area contributed by atoms with Crippen LogP contribution in [0.15, 0.2) is 24.3 Å². The summed E-state index contributed by atoms with van der Waals surface area (Å²) in [6.45, 7) is 3.68. The highest BCUT2D eigenvalue weighted by molar-refractivity contribution is 5.77. The third-order valence-corrected chi connectivity index (χ3v) is 5.70. The molecule has 1 amide bonds. The van der Waals surface area contributed by atoms with Gasteiger partial charge in [-0.1, -0.05) is 19.3 Å². The Balaban J connectivity index is 1.54. The van der Waals surface area contributed by atoms with Crippen LogP contribution < -0.4 is 10.6 Å². The average Bonchev–Trinajstić information content (AvgIpc) is 2.63.